The van der Waals surface area contributed by atoms with Gasteiger partial charge in [-0.1, -0.05) is 0 Å². The number of nitro groups is 1. The molecule has 1 aliphatic rings. The molecule has 1 aliphatic heterocycles. The number of pyridine rings is 1. The quantitative estimate of drug-likeness (QED) is 0.497. The number of carbonyl (C=O) groups is 1. The number of aromatic nitrogens is 3. The summed E-state index contributed by atoms with van der Waals surface area (Å²) < 4.78 is 2.12. The van der Waals surface area contributed by atoms with Crippen molar-refractivity contribution < 1.29 is 9.72 Å². The third-order valence-corrected chi connectivity index (χ3v) is 3.84. The van der Waals surface area contributed by atoms with Crippen LogP contribution in [0.25, 0.3) is 0 Å². The number of halogens is 1. The summed E-state index contributed by atoms with van der Waals surface area (Å²) in [4.78, 5) is 28.2. The number of aryl methyl sites for hydroxylation is 1. The highest BCUT2D eigenvalue weighted by Crippen LogP contribution is 2.26. The number of urea groups is 1. The van der Waals surface area contributed by atoms with Gasteiger partial charge in [-0.25, -0.2) is 9.78 Å². The monoisotopic (exact) mass is 366 g/mol. The Balaban J connectivity index is 1.79. The topological polar surface area (TPSA) is 106 Å². The Hall–Kier alpha value is -2.49. The molecule has 9 nitrogen and oxygen atoms in total. The molecule has 0 bridgehead atoms. The van der Waals surface area contributed by atoms with Crippen molar-refractivity contribution in [3.05, 3.63) is 44.3 Å². The van der Waals surface area contributed by atoms with E-state index in [0.717, 1.165) is 11.3 Å². The normalized spacial score (nSPS) is 13.1. The predicted octanol–water partition coefficient (Wildman–Crippen LogP) is 2.03. The maximum atomic E-state index is 12.3. The van der Waals surface area contributed by atoms with Crippen LogP contribution < -0.4 is 5.32 Å². The zero-order valence-corrected chi connectivity index (χ0v) is 13.1. The van der Waals surface area contributed by atoms with Crippen LogP contribution in [0.1, 0.15) is 11.3 Å². The highest BCUT2D eigenvalue weighted by molar-refractivity contribution is 9.10. The first kappa shape index (κ1) is 14.4. The smallest absolute Gasteiger partial charge is 0.314 e. The summed E-state index contributed by atoms with van der Waals surface area (Å²) >= 11 is 3.14. The summed E-state index contributed by atoms with van der Waals surface area (Å²) in [6.45, 7) is 0.816. The molecule has 3 heterocycles. The lowest BCUT2D eigenvalue weighted by Gasteiger charge is -2.16. The van der Waals surface area contributed by atoms with Crippen LogP contribution in [0, 0.1) is 10.1 Å². The summed E-state index contributed by atoms with van der Waals surface area (Å²) in [5.41, 5.74) is 1.66. The van der Waals surface area contributed by atoms with Gasteiger partial charge in [-0.05, 0) is 22.0 Å². The van der Waals surface area contributed by atoms with Crippen LogP contribution in [-0.2, 0) is 20.1 Å². The van der Waals surface area contributed by atoms with Gasteiger partial charge >= 0.3 is 11.7 Å². The lowest BCUT2D eigenvalue weighted by Crippen LogP contribution is -2.31. The van der Waals surface area contributed by atoms with Gasteiger partial charge in [0.25, 0.3) is 0 Å². The number of fused-ring (bicyclic) bond motifs is 1. The third-order valence-electron chi connectivity index (χ3n) is 3.40. The van der Waals surface area contributed by atoms with Gasteiger partial charge in [-0.3, -0.25) is 20.1 Å². The Kier molecular flexibility index (Phi) is 3.53. The molecule has 0 saturated heterocycles. The lowest BCUT2D eigenvalue weighted by molar-refractivity contribution is -0.384. The van der Waals surface area contributed by atoms with Gasteiger partial charge in [0.2, 0.25) is 5.82 Å². The van der Waals surface area contributed by atoms with E-state index in [1.165, 1.54) is 12.1 Å². The minimum Gasteiger partial charge on any atom is -0.314 e. The number of carbonyl (C=O) groups excluding carboxylic acids is 1. The molecule has 114 valence electrons. The molecule has 0 fully saturated rings. The van der Waals surface area contributed by atoms with Crippen LogP contribution >= 0.6 is 15.9 Å². The van der Waals surface area contributed by atoms with E-state index >= 15 is 0 Å². The first-order chi connectivity index (χ1) is 10.5. The third kappa shape index (κ3) is 2.52. The summed E-state index contributed by atoms with van der Waals surface area (Å²) in [5.74, 6) is -0.0848. The van der Waals surface area contributed by atoms with Gasteiger partial charge in [-0.15, -0.1) is 0 Å². The molecule has 0 aliphatic carbocycles. The van der Waals surface area contributed by atoms with Crippen molar-refractivity contribution in [1.82, 2.24) is 19.7 Å². The van der Waals surface area contributed by atoms with Crippen LogP contribution in [-0.4, -0.2) is 30.6 Å². The van der Waals surface area contributed by atoms with Crippen molar-refractivity contribution in [2.75, 3.05) is 5.32 Å². The lowest BCUT2D eigenvalue weighted by atomic mass is 10.3. The fraction of sp³-hybridized carbons (Fsp3) is 0.250. The second-order valence-electron chi connectivity index (χ2n) is 4.79. The van der Waals surface area contributed by atoms with E-state index in [0.29, 0.717) is 17.7 Å². The second kappa shape index (κ2) is 5.37. The molecular weight excluding hydrogens is 356 g/mol. The Bertz CT molecular complexity index is 774. The van der Waals surface area contributed by atoms with E-state index in [4.69, 9.17) is 0 Å². The first-order valence-corrected chi connectivity index (χ1v) is 7.11. The van der Waals surface area contributed by atoms with Crippen LogP contribution in [0.2, 0.25) is 0 Å². The number of amides is 2. The van der Waals surface area contributed by atoms with E-state index in [9.17, 15) is 14.9 Å². The number of nitrogens with one attached hydrogen (secondary N) is 1. The molecule has 2 aromatic rings. The Morgan fingerprint density at radius 3 is 2.91 bits per heavy atom. The standard InChI is InChI=1S/C12H11BrN6O3/c1-17-9-6-18(5-7(9)4-14-17)12(20)16-11-8(19(21)22)2-3-10(13)15-11/h2-4H,5-6H2,1H3,(H,15,16,20). The van der Waals surface area contributed by atoms with Crippen molar-refractivity contribution in [2.45, 2.75) is 13.1 Å². The molecule has 0 saturated carbocycles. The molecule has 1 N–H and O–H groups in total. The average molecular weight is 367 g/mol. The van der Waals surface area contributed by atoms with Crippen LogP contribution in [0.15, 0.2) is 22.9 Å². The maximum absolute atomic E-state index is 12.3. The molecule has 0 atom stereocenters. The molecule has 0 spiro atoms. The van der Waals surface area contributed by atoms with E-state index in [2.05, 4.69) is 31.3 Å². The van der Waals surface area contributed by atoms with Gasteiger partial charge in [0.15, 0.2) is 0 Å². The molecule has 2 amide bonds. The number of rotatable bonds is 2. The highest BCUT2D eigenvalue weighted by Gasteiger charge is 2.28. The number of nitrogens with zero attached hydrogens (tertiary/aromatic N) is 5. The van der Waals surface area contributed by atoms with Gasteiger partial charge < -0.3 is 4.90 Å². The second-order valence-corrected chi connectivity index (χ2v) is 5.60. The SMILES string of the molecule is Cn1ncc2c1CN(C(=O)Nc1nc(Br)ccc1[N+](=O)[O-])C2. The average Bonchev–Trinajstić information content (AvgIpc) is 3.01. The van der Waals surface area contributed by atoms with Crippen molar-refractivity contribution in [2.24, 2.45) is 7.05 Å². The van der Waals surface area contributed by atoms with Gasteiger partial charge in [0.05, 0.1) is 29.9 Å². The number of hydrogen-bond donors (Lipinski definition) is 1. The Labute approximate surface area is 133 Å². The molecule has 0 radical (unpaired) electrons. The van der Waals surface area contributed by atoms with Crippen molar-refractivity contribution in [3.63, 3.8) is 0 Å². The van der Waals surface area contributed by atoms with Gasteiger partial charge in [-0.2, -0.15) is 5.10 Å². The summed E-state index contributed by atoms with van der Waals surface area (Å²) in [7, 11) is 1.81. The fourth-order valence-electron chi connectivity index (χ4n) is 2.28. The summed E-state index contributed by atoms with van der Waals surface area (Å²) in [5, 5.41) is 17.6. The summed E-state index contributed by atoms with van der Waals surface area (Å²) in [6, 6.07) is 2.30. The largest absolute Gasteiger partial charge is 0.323 e. The van der Waals surface area contributed by atoms with Crippen LogP contribution in [0.5, 0.6) is 0 Å². The first-order valence-electron chi connectivity index (χ1n) is 6.32. The Morgan fingerprint density at radius 1 is 1.45 bits per heavy atom. The molecule has 0 aromatic carbocycles. The fourth-order valence-corrected chi connectivity index (χ4v) is 2.59. The summed E-state index contributed by atoms with van der Waals surface area (Å²) in [6.07, 6.45) is 1.71. The van der Waals surface area contributed by atoms with E-state index in [-0.39, 0.29) is 11.5 Å². The zero-order chi connectivity index (χ0) is 15.9. The molecule has 3 rings (SSSR count). The molecule has 2 aromatic heterocycles. The molecular formula is C12H11BrN6O3. The van der Waals surface area contributed by atoms with Crippen LogP contribution in [0.3, 0.4) is 0 Å². The van der Waals surface area contributed by atoms with Gasteiger partial charge in [0.1, 0.15) is 4.60 Å². The zero-order valence-electron chi connectivity index (χ0n) is 11.5. The predicted molar refractivity (Wildman–Crippen MR) is 80.1 cm³/mol. The van der Waals surface area contributed by atoms with E-state index in [1.54, 1.807) is 22.8 Å². The minimum absolute atomic E-state index is 0.0848. The van der Waals surface area contributed by atoms with Gasteiger partial charge in [0, 0.05) is 18.7 Å². The van der Waals surface area contributed by atoms with E-state index < -0.39 is 11.0 Å². The minimum atomic E-state index is -0.586. The number of hydrogen-bond acceptors (Lipinski definition) is 5. The molecule has 0 unspecified atom stereocenters. The molecule has 10 heteroatoms. The van der Waals surface area contributed by atoms with Crippen molar-refractivity contribution >= 4 is 33.5 Å². The van der Waals surface area contributed by atoms with E-state index in [1.807, 2.05) is 0 Å². The molecule has 22 heavy (non-hydrogen) atoms. The highest BCUT2D eigenvalue weighted by atomic mass is 79.9. The van der Waals surface area contributed by atoms with Crippen molar-refractivity contribution in [1.29, 1.82) is 0 Å². The Morgan fingerprint density at radius 2 is 2.23 bits per heavy atom. The van der Waals surface area contributed by atoms with Crippen molar-refractivity contribution in [3.8, 4) is 0 Å². The van der Waals surface area contributed by atoms with Crippen LogP contribution in [0.4, 0.5) is 16.3 Å². The number of anilines is 1. The maximum Gasteiger partial charge on any atom is 0.323 e.